The van der Waals surface area contributed by atoms with Gasteiger partial charge in [0.15, 0.2) is 0 Å². The van der Waals surface area contributed by atoms with Crippen LogP contribution in [0.4, 0.5) is 10.7 Å². The standard InChI is InChI=1S/C16H21N3OS.ClH/c1-10(2)8-14-16(21-11(3)18-14)19-15(20)9-12-4-6-13(17)7-5-12;/h4-7,10H,8-9,17H2,1-3H3,(H,19,20);1H. The average Bonchev–Trinajstić information content (AvgIpc) is 2.71. The van der Waals surface area contributed by atoms with Crippen LogP contribution in [0.15, 0.2) is 24.3 Å². The maximum Gasteiger partial charge on any atom is 0.229 e. The predicted octanol–water partition coefficient (Wildman–Crippen LogP) is 3.84. The molecule has 1 aromatic heterocycles. The van der Waals surface area contributed by atoms with Gasteiger partial charge in [0.05, 0.1) is 17.1 Å². The number of carbonyl (C=O) groups excluding carboxylic acids is 1. The molecular formula is C16H22ClN3OS. The molecule has 3 N–H and O–H groups in total. The van der Waals surface area contributed by atoms with E-state index in [2.05, 4.69) is 24.1 Å². The average molecular weight is 340 g/mol. The topological polar surface area (TPSA) is 68.0 Å². The third kappa shape index (κ3) is 5.31. The third-order valence-corrected chi connectivity index (χ3v) is 3.93. The minimum Gasteiger partial charge on any atom is -0.399 e. The van der Waals surface area contributed by atoms with Crippen LogP contribution in [0.3, 0.4) is 0 Å². The fourth-order valence-electron chi connectivity index (χ4n) is 2.08. The number of anilines is 2. The molecule has 0 unspecified atom stereocenters. The number of amides is 1. The normalized spacial score (nSPS) is 10.4. The maximum atomic E-state index is 12.2. The molecule has 4 nitrogen and oxygen atoms in total. The molecular weight excluding hydrogens is 318 g/mol. The smallest absolute Gasteiger partial charge is 0.229 e. The van der Waals surface area contributed by atoms with Gasteiger partial charge in [0.25, 0.3) is 0 Å². The minimum atomic E-state index is -0.0200. The number of halogens is 1. The van der Waals surface area contributed by atoms with E-state index in [-0.39, 0.29) is 18.3 Å². The first-order valence-electron chi connectivity index (χ1n) is 7.04. The number of hydrogen-bond donors (Lipinski definition) is 2. The molecule has 0 aliphatic rings. The van der Waals surface area contributed by atoms with Crippen LogP contribution < -0.4 is 11.1 Å². The van der Waals surface area contributed by atoms with Crippen LogP contribution in [0, 0.1) is 12.8 Å². The van der Waals surface area contributed by atoms with Crippen LogP contribution in [-0.4, -0.2) is 10.9 Å². The third-order valence-electron chi connectivity index (χ3n) is 3.00. The van der Waals surface area contributed by atoms with E-state index < -0.39 is 0 Å². The number of nitrogens with zero attached hydrogens (tertiary/aromatic N) is 1. The van der Waals surface area contributed by atoms with Gasteiger partial charge in [-0.15, -0.1) is 23.7 Å². The van der Waals surface area contributed by atoms with E-state index in [1.54, 1.807) is 0 Å². The molecule has 2 aromatic rings. The Morgan fingerprint density at radius 2 is 1.95 bits per heavy atom. The lowest BCUT2D eigenvalue weighted by Crippen LogP contribution is -2.15. The van der Waals surface area contributed by atoms with Gasteiger partial charge in [-0.2, -0.15) is 0 Å². The number of carbonyl (C=O) groups is 1. The van der Waals surface area contributed by atoms with E-state index in [9.17, 15) is 4.79 Å². The first kappa shape index (κ1) is 18.5. The Bertz CT molecular complexity index is 623. The molecule has 0 fully saturated rings. The van der Waals surface area contributed by atoms with Crippen molar-refractivity contribution in [3.63, 3.8) is 0 Å². The van der Waals surface area contributed by atoms with Crippen molar-refractivity contribution in [3.05, 3.63) is 40.5 Å². The van der Waals surface area contributed by atoms with Crippen molar-refractivity contribution in [1.82, 2.24) is 4.98 Å². The highest BCUT2D eigenvalue weighted by Crippen LogP contribution is 2.26. The Balaban J connectivity index is 0.00000242. The number of nitrogen functional groups attached to an aromatic ring is 1. The number of thiazole rings is 1. The highest BCUT2D eigenvalue weighted by molar-refractivity contribution is 7.16. The van der Waals surface area contributed by atoms with Crippen molar-refractivity contribution in [1.29, 1.82) is 0 Å². The second kappa shape index (κ2) is 8.15. The van der Waals surface area contributed by atoms with Gasteiger partial charge in [0, 0.05) is 5.69 Å². The van der Waals surface area contributed by atoms with Crippen LogP contribution >= 0.6 is 23.7 Å². The summed E-state index contributed by atoms with van der Waals surface area (Å²) in [6.45, 7) is 6.26. The number of nitrogens with two attached hydrogens (primary N) is 1. The summed E-state index contributed by atoms with van der Waals surface area (Å²) in [5, 5.41) is 4.84. The number of aromatic nitrogens is 1. The van der Waals surface area contributed by atoms with Gasteiger partial charge in [-0.05, 0) is 37.0 Å². The molecule has 0 saturated heterocycles. The first-order chi connectivity index (χ1) is 9.94. The van der Waals surface area contributed by atoms with Gasteiger partial charge >= 0.3 is 0 Å². The van der Waals surface area contributed by atoms with E-state index in [1.807, 2.05) is 31.2 Å². The van der Waals surface area contributed by atoms with E-state index >= 15 is 0 Å². The molecule has 0 spiro atoms. The number of aryl methyl sites for hydroxylation is 1. The molecule has 0 atom stereocenters. The van der Waals surface area contributed by atoms with E-state index in [0.29, 0.717) is 18.0 Å². The second-order valence-corrected chi connectivity index (χ2v) is 6.78. The van der Waals surface area contributed by atoms with E-state index in [0.717, 1.165) is 27.7 Å². The molecule has 2 rings (SSSR count). The summed E-state index contributed by atoms with van der Waals surface area (Å²) in [5.74, 6) is 0.493. The Labute approximate surface area is 141 Å². The first-order valence-corrected chi connectivity index (χ1v) is 7.86. The highest BCUT2D eigenvalue weighted by Gasteiger charge is 2.13. The molecule has 6 heteroatoms. The Kier molecular flexibility index (Phi) is 6.84. The van der Waals surface area contributed by atoms with Crippen molar-refractivity contribution in [2.75, 3.05) is 11.1 Å². The molecule has 0 bridgehead atoms. The summed E-state index contributed by atoms with van der Waals surface area (Å²) in [5.41, 5.74) is 8.28. The zero-order chi connectivity index (χ0) is 15.4. The van der Waals surface area contributed by atoms with Gasteiger partial charge in [-0.1, -0.05) is 26.0 Å². The molecule has 0 aliphatic heterocycles. The Morgan fingerprint density at radius 1 is 1.32 bits per heavy atom. The zero-order valence-electron chi connectivity index (χ0n) is 13.1. The van der Waals surface area contributed by atoms with Gasteiger partial charge in [0.2, 0.25) is 5.91 Å². The van der Waals surface area contributed by atoms with E-state index in [4.69, 9.17) is 5.73 Å². The van der Waals surface area contributed by atoms with Crippen molar-refractivity contribution in [2.24, 2.45) is 5.92 Å². The summed E-state index contributed by atoms with van der Waals surface area (Å²) in [4.78, 5) is 16.7. The summed E-state index contributed by atoms with van der Waals surface area (Å²) in [6, 6.07) is 7.37. The van der Waals surface area contributed by atoms with Crippen molar-refractivity contribution in [2.45, 2.75) is 33.6 Å². The minimum absolute atomic E-state index is 0. The molecule has 0 saturated carbocycles. The molecule has 22 heavy (non-hydrogen) atoms. The van der Waals surface area contributed by atoms with Crippen LogP contribution in [-0.2, 0) is 17.6 Å². The molecule has 0 radical (unpaired) electrons. The largest absolute Gasteiger partial charge is 0.399 e. The summed E-state index contributed by atoms with van der Waals surface area (Å²) >= 11 is 1.53. The highest BCUT2D eigenvalue weighted by atomic mass is 35.5. The lowest BCUT2D eigenvalue weighted by atomic mass is 10.1. The summed E-state index contributed by atoms with van der Waals surface area (Å²) in [7, 11) is 0. The zero-order valence-corrected chi connectivity index (χ0v) is 14.7. The molecule has 120 valence electrons. The fourth-order valence-corrected chi connectivity index (χ4v) is 2.95. The van der Waals surface area contributed by atoms with Crippen molar-refractivity contribution >= 4 is 40.3 Å². The number of rotatable bonds is 5. The number of hydrogen-bond acceptors (Lipinski definition) is 4. The summed E-state index contributed by atoms with van der Waals surface area (Å²) < 4.78 is 0. The van der Waals surface area contributed by atoms with Crippen molar-refractivity contribution in [3.8, 4) is 0 Å². The van der Waals surface area contributed by atoms with Crippen LogP contribution in [0.5, 0.6) is 0 Å². The molecule has 1 aromatic carbocycles. The second-order valence-electron chi connectivity index (χ2n) is 5.57. The van der Waals surface area contributed by atoms with Crippen LogP contribution in [0.1, 0.15) is 30.1 Å². The lowest BCUT2D eigenvalue weighted by Gasteiger charge is -2.07. The SMILES string of the molecule is Cc1nc(CC(C)C)c(NC(=O)Cc2ccc(N)cc2)s1.Cl. The van der Waals surface area contributed by atoms with E-state index in [1.165, 1.54) is 11.3 Å². The van der Waals surface area contributed by atoms with Gasteiger partial charge < -0.3 is 11.1 Å². The summed E-state index contributed by atoms with van der Waals surface area (Å²) in [6.07, 6.45) is 1.22. The van der Waals surface area contributed by atoms with Gasteiger partial charge in [-0.3, -0.25) is 4.79 Å². The molecule has 1 amide bonds. The predicted molar refractivity (Wildman–Crippen MR) is 95.8 cm³/mol. The quantitative estimate of drug-likeness (QED) is 0.813. The monoisotopic (exact) mass is 339 g/mol. The van der Waals surface area contributed by atoms with Crippen LogP contribution in [0.2, 0.25) is 0 Å². The van der Waals surface area contributed by atoms with Gasteiger partial charge in [-0.25, -0.2) is 4.98 Å². The number of benzene rings is 1. The number of nitrogens with one attached hydrogen (secondary N) is 1. The Hall–Kier alpha value is -1.59. The maximum absolute atomic E-state index is 12.2. The molecule has 0 aliphatic carbocycles. The fraction of sp³-hybridized carbons (Fsp3) is 0.375. The Morgan fingerprint density at radius 3 is 2.55 bits per heavy atom. The van der Waals surface area contributed by atoms with Crippen molar-refractivity contribution < 1.29 is 4.79 Å². The van der Waals surface area contributed by atoms with Crippen LogP contribution in [0.25, 0.3) is 0 Å². The lowest BCUT2D eigenvalue weighted by molar-refractivity contribution is -0.115. The van der Waals surface area contributed by atoms with Gasteiger partial charge in [0.1, 0.15) is 5.00 Å². The molecule has 1 heterocycles.